The molecule has 0 bridgehead atoms. The Labute approximate surface area is 92.3 Å². The standard InChI is InChI=1S/C11H11NO4/c13-10-6-9(11(14)12-10)16-15-7-8-4-2-1-3-5-8/h1-5,9H,6-7H2,(H,12,13,14). The minimum atomic E-state index is -0.823. The van der Waals surface area contributed by atoms with Crippen molar-refractivity contribution in [3.8, 4) is 0 Å². The fourth-order valence-corrected chi connectivity index (χ4v) is 1.37. The van der Waals surface area contributed by atoms with Gasteiger partial charge in [0.1, 0.15) is 6.61 Å². The Morgan fingerprint density at radius 3 is 2.62 bits per heavy atom. The van der Waals surface area contributed by atoms with Crippen molar-refractivity contribution >= 4 is 11.8 Å². The van der Waals surface area contributed by atoms with Crippen molar-refractivity contribution < 1.29 is 19.4 Å². The molecule has 1 aliphatic rings. The Balaban J connectivity index is 1.76. The van der Waals surface area contributed by atoms with Crippen LogP contribution in [0.5, 0.6) is 0 Å². The smallest absolute Gasteiger partial charge is 0.259 e. The van der Waals surface area contributed by atoms with Crippen molar-refractivity contribution in [2.75, 3.05) is 0 Å². The van der Waals surface area contributed by atoms with Crippen LogP contribution >= 0.6 is 0 Å². The second-order valence-electron chi connectivity index (χ2n) is 3.45. The van der Waals surface area contributed by atoms with Crippen LogP contribution in [-0.4, -0.2) is 17.9 Å². The van der Waals surface area contributed by atoms with Gasteiger partial charge >= 0.3 is 0 Å². The van der Waals surface area contributed by atoms with Gasteiger partial charge in [-0.05, 0) is 5.56 Å². The molecule has 1 unspecified atom stereocenters. The van der Waals surface area contributed by atoms with Crippen molar-refractivity contribution in [1.82, 2.24) is 5.32 Å². The van der Waals surface area contributed by atoms with Crippen molar-refractivity contribution in [1.29, 1.82) is 0 Å². The van der Waals surface area contributed by atoms with E-state index in [0.29, 0.717) is 0 Å². The quantitative estimate of drug-likeness (QED) is 0.458. The topological polar surface area (TPSA) is 64.6 Å². The number of carbonyl (C=O) groups is 2. The van der Waals surface area contributed by atoms with Crippen LogP contribution in [0.1, 0.15) is 12.0 Å². The summed E-state index contributed by atoms with van der Waals surface area (Å²) in [6.07, 6.45) is -0.802. The predicted octanol–water partition coefficient (Wildman–Crippen LogP) is 0.550. The third-order valence-corrected chi connectivity index (χ3v) is 2.18. The van der Waals surface area contributed by atoms with Crippen LogP contribution in [0.3, 0.4) is 0 Å². The molecule has 1 N–H and O–H groups in total. The third kappa shape index (κ3) is 2.65. The van der Waals surface area contributed by atoms with E-state index in [2.05, 4.69) is 5.32 Å². The average Bonchev–Trinajstić information content (AvgIpc) is 2.59. The largest absolute Gasteiger partial charge is 0.294 e. The molecule has 1 fully saturated rings. The lowest BCUT2D eigenvalue weighted by Gasteiger charge is -2.07. The van der Waals surface area contributed by atoms with Crippen LogP contribution in [0.15, 0.2) is 30.3 Å². The highest BCUT2D eigenvalue weighted by Crippen LogP contribution is 2.08. The van der Waals surface area contributed by atoms with E-state index in [1.807, 2.05) is 30.3 Å². The van der Waals surface area contributed by atoms with Crippen LogP contribution in [0.4, 0.5) is 0 Å². The Bertz CT molecular complexity index is 390. The second kappa shape index (κ2) is 4.87. The number of nitrogens with one attached hydrogen (secondary N) is 1. The van der Waals surface area contributed by atoms with Crippen LogP contribution in [0.25, 0.3) is 0 Å². The van der Waals surface area contributed by atoms with Gasteiger partial charge < -0.3 is 0 Å². The third-order valence-electron chi connectivity index (χ3n) is 2.18. The van der Waals surface area contributed by atoms with E-state index < -0.39 is 12.0 Å². The SMILES string of the molecule is O=C1CC(OOCc2ccccc2)C(=O)N1. The molecule has 0 aliphatic carbocycles. The van der Waals surface area contributed by atoms with Gasteiger partial charge in [-0.2, -0.15) is 0 Å². The number of rotatable bonds is 4. The molecule has 84 valence electrons. The molecule has 1 aliphatic heterocycles. The van der Waals surface area contributed by atoms with Gasteiger partial charge in [0, 0.05) is 0 Å². The highest BCUT2D eigenvalue weighted by Gasteiger charge is 2.32. The molecule has 0 aromatic heterocycles. The maximum absolute atomic E-state index is 11.1. The summed E-state index contributed by atoms with van der Waals surface area (Å²) in [6, 6.07) is 9.41. The molecule has 2 rings (SSSR count). The fourth-order valence-electron chi connectivity index (χ4n) is 1.37. The Morgan fingerprint density at radius 2 is 2.00 bits per heavy atom. The maximum Gasteiger partial charge on any atom is 0.259 e. The van der Waals surface area contributed by atoms with Gasteiger partial charge in [-0.1, -0.05) is 30.3 Å². The first-order valence-electron chi connectivity index (χ1n) is 4.91. The van der Waals surface area contributed by atoms with E-state index in [0.717, 1.165) is 5.56 Å². The summed E-state index contributed by atoms with van der Waals surface area (Å²) < 4.78 is 0. The molecular formula is C11H11NO4. The molecule has 1 atom stereocenters. The normalized spacial score (nSPS) is 19.9. The number of hydrogen-bond donors (Lipinski definition) is 1. The summed E-state index contributed by atoms with van der Waals surface area (Å²) in [7, 11) is 0. The highest BCUT2D eigenvalue weighted by molar-refractivity contribution is 6.04. The summed E-state index contributed by atoms with van der Waals surface area (Å²) in [6.45, 7) is 0.249. The average molecular weight is 221 g/mol. The Morgan fingerprint density at radius 1 is 1.25 bits per heavy atom. The van der Waals surface area contributed by atoms with Gasteiger partial charge in [0.2, 0.25) is 5.91 Å². The Hall–Kier alpha value is -1.72. The molecule has 16 heavy (non-hydrogen) atoms. The molecule has 1 heterocycles. The van der Waals surface area contributed by atoms with Gasteiger partial charge in [-0.3, -0.25) is 14.9 Å². The van der Waals surface area contributed by atoms with E-state index in [-0.39, 0.29) is 18.9 Å². The minimum absolute atomic E-state index is 0.0215. The zero-order chi connectivity index (χ0) is 11.4. The number of amides is 2. The first-order chi connectivity index (χ1) is 7.75. The van der Waals surface area contributed by atoms with E-state index in [1.165, 1.54) is 0 Å². The van der Waals surface area contributed by atoms with Crippen LogP contribution in [-0.2, 0) is 26.0 Å². The summed E-state index contributed by atoms with van der Waals surface area (Å²) in [5.74, 6) is -0.781. The van der Waals surface area contributed by atoms with E-state index in [4.69, 9.17) is 9.78 Å². The molecule has 1 aromatic rings. The molecule has 2 amide bonds. The predicted molar refractivity (Wildman–Crippen MR) is 53.9 cm³/mol. The lowest BCUT2D eigenvalue weighted by Crippen LogP contribution is -2.26. The summed E-state index contributed by atoms with van der Waals surface area (Å²) in [5, 5.41) is 2.13. The lowest BCUT2D eigenvalue weighted by molar-refractivity contribution is -0.322. The van der Waals surface area contributed by atoms with Crippen LogP contribution in [0, 0.1) is 0 Å². The number of hydrogen-bond acceptors (Lipinski definition) is 4. The van der Waals surface area contributed by atoms with Gasteiger partial charge in [-0.15, -0.1) is 0 Å². The fraction of sp³-hybridized carbons (Fsp3) is 0.273. The molecule has 0 saturated carbocycles. The van der Waals surface area contributed by atoms with Crippen LogP contribution < -0.4 is 5.32 Å². The highest BCUT2D eigenvalue weighted by atomic mass is 17.2. The summed E-state index contributed by atoms with van der Waals surface area (Å²) >= 11 is 0. The van der Waals surface area contributed by atoms with E-state index in [1.54, 1.807) is 0 Å². The lowest BCUT2D eigenvalue weighted by atomic mass is 10.2. The van der Waals surface area contributed by atoms with Gasteiger partial charge in [-0.25, -0.2) is 9.78 Å². The van der Waals surface area contributed by atoms with Crippen molar-refractivity contribution in [3.63, 3.8) is 0 Å². The van der Waals surface area contributed by atoms with Crippen LogP contribution in [0.2, 0.25) is 0 Å². The van der Waals surface area contributed by atoms with Gasteiger partial charge in [0.05, 0.1) is 6.42 Å². The molecule has 0 radical (unpaired) electrons. The van der Waals surface area contributed by atoms with Gasteiger partial charge in [0.15, 0.2) is 6.10 Å². The molecule has 5 nitrogen and oxygen atoms in total. The van der Waals surface area contributed by atoms with Gasteiger partial charge in [0.25, 0.3) is 5.91 Å². The summed E-state index contributed by atoms with van der Waals surface area (Å²) in [5.41, 5.74) is 0.937. The molecule has 5 heteroatoms. The number of benzene rings is 1. The molecule has 1 saturated heterocycles. The van der Waals surface area contributed by atoms with Crippen molar-refractivity contribution in [3.05, 3.63) is 35.9 Å². The molecule has 1 aromatic carbocycles. The zero-order valence-corrected chi connectivity index (χ0v) is 8.51. The second-order valence-corrected chi connectivity index (χ2v) is 3.45. The first kappa shape index (κ1) is 10.8. The zero-order valence-electron chi connectivity index (χ0n) is 8.51. The van der Waals surface area contributed by atoms with Crippen molar-refractivity contribution in [2.45, 2.75) is 19.1 Å². The Kier molecular flexibility index (Phi) is 3.28. The minimum Gasteiger partial charge on any atom is -0.294 e. The molecular weight excluding hydrogens is 210 g/mol. The summed E-state index contributed by atoms with van der Waals surface area (Å²) in [4.78, 5) is 31.7. The first-order valence-corrected chi connectivity index (χ1v) is 4.91. The maximum atomic E-state index is 11.1. The number of imide groups is 1. The monoisotopic (exact) mass is 221 g/mol. The van der Waals surface area contributed by atoms with E-state index in [9.17, 15) is 9.59 Å². The van der Waals surface area contributed by atoms with Crippen molar-refractivity contribution in [2.24, 2.45) is 0 Å². The number of carbonyl (C=O) groups excluding carboxylic acids is 2. The molecule has 0 spiro atoms. The van der Waals surface area contributed by atoms with E-state index >= 15 is 0 Å².